The normalized spacial score (nSPS) is 12.7. The van der Waals surface area contributed by atoms with Crippen molar-refractivity contribution >= 4 is 11.9 Å². The van der Waals surface area contributed by atoms with Gasteiger partial charge in [0, 0.05) is 12.8 Å². The summed E-state index contributed by atoms with van der Waals surface area (Å²) in [6.07, 6.45) is 77.6. The SMILES string of the molecule is CCCCC/C=C\C/C=C\CCCCCCCCCCCC(=O)OCCCCCCCCCCCCCCCCCCC(=O)NC(CO)C(O)CCCCCCCCCCCCCCCCCCCCCCC. The van der Waals surface area contributed by atoms with Crippen molar-refractivity contribution in [3.63, 3.8) is 0 Å². The highest BCUT2D eigenvalue weighted by Gasteiger charge is 2.20. The van der Waals surface area contributed by atoms with Crippen molar-refractivity contribution in [2.45, 2.75) is 379 Å². The van der Waals surface area contributed by atoms with Crippen LogP contribution in [0.3, 0.4) is 0 Å². The van der Waals surface area contributed by atoms with Gasteiger partial charge in [0.05, 0.1) is 25.4 Å². The monoisotopic (exact) mass is 1030 g/mol. The van der Waals surface area contributed by atoms with Gasteiger partial charge in [-0.3, -0.25) is 9.59 Å². The Morgan fingerprint density at radius 1 is 0.384 bits per heavy atom. The van der Waals surface area contributed by atoms with Gasteiger partial charge in [0.25, 0.3) is 0 Å². The number of allylic oxidation sites excluding steroid dienone is 4. The molecule has 0 saturated heterocycles. The summed E-state index contributed by atoms with van der Waals surface area (Å²) in [5.41, 5.74) is 0. The third-order valence-electron chi connectivity index (χ3n) is 15.5. The Kier molecular flexibility index (Phi) is 61.4. The molecule has 0 aromatic rings. The van der Waals surface area contributed by atoms with E-state index in [9.17, 15) is 19.8 Å². The van der Waals surface area contributed by atoms with Crippen molar-refractivity contribution < 1.29 is 24.5 Å². The summed E-state index contributed by atoms with van der Waals surface area (Å²) in [6.45, 7) is 4.95. The van der Waals surface area contributed by atoms with E-state index in [1.807, 2.05) is 0 Å². The third-order valence-corrected chi connectivity index (χ3v) is 15.5. The second-order valence-corrected chi connectivity index (χ2v) is 22.8. The molecule has 2 atom stereocenters. The van der Waals surface area contributed by atoms with Gasteiger partial charge >= 0.3 is 5.97 Å². The maximum atomic E-state index is 12.5. The zero-order valence-corrected chi connectivity index (χ0v) is 49.4. The van der Waals surface area contributed by atoms with Gasteiger partial charge in [-0.05, 0) is 57.8 Å². The van der Waals surface area contributed by atoms with Gasteiger partial charge in [0.15, 0.2) is 0 Å². The molecule has 73 heavy (non-hydrogen) atoms. The summed E-state index contributed by atoms with van der Waals surface area (Å²) in [5.74, 6) is -0.0375. The molecule has 6 nitrogen and oxygen atoms in total. The maximum Gasteiger partial charge on any atom is 0.305 e. The standard InChI is InChI=1S/C67H129NO5/c1-3-5-7-9-11-13-15-17-19-21-23-24-26-27-31-35-39-43-47-51-55-59-65(70)64(63-69)68-66(71)60-56-52-48-44-40-36-32-29-30-34-38-42-46-50-54-58-62-73-67(72)61-57-53-49-45-41-37-33-28-25-22-20-18-16-14-12-10-8-6-4-2/h12,14,18,20,64-65,69-70H,3-11,13,15-17,19,21-63H2,1-2H3,(H,68,71)/b14-12-,20-18-. The van der Waals surface area contributed by atoms with Crippen molar-refractivity contribution in [3.8, 4) is 0 Å². The number of carbonyl (C=O) groups excluding carboxylic acids is 2. The van der Waals surface area contributed by atoms with E-state index in [4.69, 9.17) is 4.74 Å². The number of rotatable bonds is 62. The minimum Gasteiger partial charge on any atom is -0.466 e. The van der Waals surface area contributed by atoms with Crippen LogP contribution < -0.4 is 5.32 Å². The topological polar surface area (TPSA) is 95.9 Å². The quantitative estimate of drug-likeness (QED) is 0.0320. The molecular formula is C67H129NO5. The lowest BCUT2D eigenvalue weighted by atomic mass is 10.0. The second-order valence-electron chi connectivity index (χ2n) is 22.8. The number of aliphatic hydroxyl groups is 2. The molecule has 0 rings (SSSR count). The van der Waals surface area contributed by atoms with Crippen LogP contribution in [0, 0.1) is 0 Å². The second kappa shape index (κ2) is 62.9. The number of nitrogens with one attached hydrogen (secondary N) is 1. The Morgan fingerprint density at radius 2 is 0.685 bits per heavy atom. The van der Waals surface area contributed by atoms with Crippen LogP contribution >= 0.6 is 0 Å². The fourth-order valence-electron chi connectivity index (χ4n) is 10.4. The fraction of sp³-hybridized carbons (Fsp3) is 0.910. The van der Waals surface area contributed by atoms with Crippen molar-refractivity contribution in [3.05, 3.63) is 24.3 Å². The highest BCUT2D eigenvalue weighted by atomic mass is 16.5. The summed E-state index contributed by atoms with van der Waals surface area (Å²) in [5, 5.41) is 23.4. The first-order valence-electron chi connectivity index (χ1n) is 33.1. The number of ether oxygens (including phenoxy) is 1. The molecule has 0 radical (unpaired) electrons. The number of hydrogen-bond donors (Lipinski definition) is 3. The van der Waals surface area contributed by atoms with Gasteiger partial charge in [0.2, 0.25) is 5.91 Å². The van der Waals surface area contributed by atoms with Gasteiger partial charge in [-0.25, -0.2) is 0 Å². The minimum absolute atomic E-state index is 0.000508. The van der Waals surface area contributed by atoms with E-state index in [0.717, 1.165) is 51.4 Å². The molecule has 0 bridgehead atoms. The van der Waals surface area contributed by atoms with Crippen LogP contribution in [0.4, 0.5) is 0 Å². The van der Waals surface area contributed by atoms with Crippen LogP contribution in [0.2, 0.25) is 0 Å². The first-order chi connectivity index (χ1) is 36.0. The van der Waals surface area contributed by atoms with Gasteiger partial charge in [-0.15, -0.1) is 0 Å². The average Bonchev–Trinajstić information content (AvgIpc) is 3.39. The van der Waals surface area contributed by atoms with Crippen LogP contribution in [-0.4, -0.2) is 47.4 Å². The largest absolute Gasteiger partial charge is 0.466 e. The zero-order valence-electron chi connectivity index (χ0n) is 49.4. The lowest BCUT2D eigenvalue weighted by Crippen LogP contribution is -2.45. The number of esters is 1. The first-order valence-corrected chi connectivity index (χ1v) is 33.1. The lowest BCUT2D eigenvalue weighted by Gasteiger charge is -2.22. The Balaban J connectivity index is 3.41. The molecule has 0 fully saturated rings. The van der Waals surface area contributed by atoms with Crippen molar-refractivity contribution in [2.24, 2.45) is 0 Å². The van der Waals surface area contributed by atoms with E-state index in [-0.39, 0.29) is 18.5 Å². The van der Waals surface area contributed by atoms with Crippen molar-refractivity contribution in [1.29, 1.82) is 0 Å². The molecular weight excluding hydrogens is 899 g/mol. The highest BCUT2D eigenvalue weighted by molar-refractivity contribution is 5.76. The Bertz CT molecular complexity index is 1140. The minimum atomic E-state index is -0.670. The summed E-state index contributed by atoms with van der Waals surface area (Å²) < 4.78 is 5.50. The highest BCUT2D eigenvalue weighted by Crippen LogP contribution is 2.18. The van der Waals surface area contributed by atoms with Gasteiger partial charge in [-0.1, -0.05) is 321 Å². The van der Waals surface area contributed by atoms with Crippen LogP contribution in [-0.2, 0) is 14.3 Å². The summed E-state index contributed by atoms with van der Waals surface area (Å²) >= 11 is 0. The molecule has 0 aromatic heterocycles. The molecule has 0 aromatic carbocycles. The number of aliphatic hydroxyl groups excluding tert-OH is 2. The smallest absolute Gasteiger partial charge is 0.305 e. The Hall–Kier alpha value is -1.66. The zero-order chi connectivity index (χ0) is 52.9. The molecule has 2 unspecified atom stereocenters. The van der Waals surface area contributed by atoms with Crippen LogP contribution in [0.1, 0.15) is 367 Å². The van der Waals surface area contributed by atoms with Crippen LogP contribution in [0.25, 0.3) is 0 Å². The van der Waals surface area contributed by atoms with E-state index < -0.39 is 12.1 Å². The average molecular weight is 1030 g/mol. The van der Waals surface area contributed by atoms with E-state index in [1.165, 1.54) is 283 Å². The van der Waals surface area contributed by atoms with E-state index in [2.05, 4.69) is 43.5 Å². The lowest BCUT2D eigenvalue weighted by molar-refractivity contribution is -0.143. The number of hydrogen-bond acceptors (Lipinski definition) is 5. The molecule has 432 valence electrons. The summed E-state index contributed by atoms with van der Waals surface area (Å²) in [4.78, 5) is 24.6. The van der Waals surface area contributed by atoms with Crippen molar-refractivity contribution in [1.82, 2.24) is 5.32 Å². The summed E-state index contributed by atoms with van der Waals surface area (Å²) in [7, 11) is 0. The molecule has 0 heterocycles. The van der Waals surface area contributed by atoms with E-state index in [1.54, 1.807) is 0 Å². The Morgan fingerprint density at radius 3 is 1.07 bits per heavy atom. The molecule has 0 spiro atoms. The number of carbonyl (C=O) groups is 2. The summed E-state index contributed by atoms with van der Waals surface area (Å²) in [6, 6.07) is -0.548. The van der Waals surface area contributed by atoms with Gasteiger partial charge in [-0.2, -0.15) is 0 Å². The Labute approximate surface area is 456 Å². The fourth-order valence-corrected chi connectivity index (χ4v) is 10.4. The first kappa shape index (κ1) is 71.3. The number of unbranched alkanes of at least 4 members (excludes halogenated alkanes) is 47. The molecule has 0 aliphatic rings. The van der Waals surface area contributed by atoms with E-state index in [0.29, 0.717) is 25.9 Å². The third kappa shape index (κ3) is 59.4. The molecule has 0 saturated carbocycles. The van der Waals surface area contributed by atoms with Crippen LogP contribution in [0.15, 0.2) is 24.3 Å². The molecule has 3 N–H and O–H groups in total. The van der Waals surface area contributed by atoms with E-state index >= 15 is 0 Å². The van der Waals surface area contributed by atoms with Gasteiger partial charge in [0.1, 0.15) is 0 Å². The molecule has 0 aliphatic heterocycles. The maximum absolute atomic E-state index is 12.5. The molecule has 1 amide bonds. The number of amides is 1. The van der Waals surface area contributed by atoms with Crippen LogP contribution in [0.5, 0.6) is 0 Å². The predicted octanol–water partition coefficient (Wildman–Crippen LogP) is 21.0. The molecule has 0 aliphatic carbocycles. The van der Waals surface area contributed by atoms with Crippen molar-refractivity contribution in [2.75, 3.05) is 13.2 Å². The molecule has 6 heteroatoms. The van der Waals surface area contributed by atoms with Gasteiger partial charge < -0.3 is 20.3 Å². The predicted molar refractivity (Wildman–Crippen MR) is 320 cm³/mol.